The van der Waals surface area contributed by atoms with Gasteiger partial charge in [-0.15, -0.1) is 23.5 Å². The summed E-state index contributed by atoms with van der Waals surface area (Å²) in [6.07, 6.45) is 12.6. The number of hydrogen-bond acceptors (Lipinski definition) is 3. The minimum atomic E-state index is -0.629. The Morgan fingerprint density at radius 2 is 2.12 bits per heavy atom. The van der Waals surface area contributed by atoms with Gasteiger partial charge in [-0.25, -0.2) is 4.98 Å². The van der Waals surface area contributed by atoms with Crippen LogP contribution in [0.1, 0.15) is 13.3 Å². The van der Waals surface area contributed by atoms with E-state index in [9.17, 15) is 0 Å². The fourth-order valence-corrected chi connectivity index (χ4v) is 6.73. The molecule has 0 spiro atoms. The molecule has 1 aromatic carbocycles. The minimum absolute atomic E-state index is 0.193. The number of nitrogens with zero attached hydrogens (tertiary/aromatic N) is 2. The van der Waals surface area contributed by atoms with E-state index in [0.29, 0.717) is 0 Å². The molecule has 0 saturated carbocycles. The van der Waals surface area contributed by atoms with Gasteiger partial charge in [0.25, 0.3) is 0 Å². The van der Waals surface area contributed by atoms with Crippen LogP contribution in [0.4, 0.5) is 0 Å². The predicted molar refractivity (Wildman–Crippen MR) is 116 cm³/mol. The molecule has 26 heavy (non-hydrogen) atoms. The molecule has 0 saturated heterocycles. The van der Waals surface area contributed by atoms with E-state index >= 15 is 0 Å². The van der Waals surface area contributed by atoms with Gasteiger partial charge in [-0.2, -0.15) is 0 Å². The fraction of sp³-hybridized carbons (Fsp3) is 0.316. The van der Waals surface area contributed by atoms with Crippen LogP contribution in [0, 0.1) is 5.92 Å². The van der Waals surface area contributed by atoms with Crippen LogP contribution in [0.3, 0.4) is 0 Å². The van der Waals surface area contributed by atoms with E-state index in [1.165, 1.54) is 0 Å². The molecule has 7 heteroatoms. The zero-order valence-electron chi connectivity index (χ0n) is 14.2. The fourth-order valence-electron chi connectivity index (χ4n) is 2.69. The Bertz CT molecular complexity index is 792. The molecule has 3 atom stereocenters. The first kappa shape index (κ1) is 20.2. The van der Waals surface area contributed by atoms with Crippen molar-refractivity contribution in [2.24, 2.45) is 5.92 Å². The summed E-state index contributed by atoms with van der Waals surface area (Å²) in [7, 11) is 0. The maximum Gasteiger partial charge on any atom is 0.128 e. The molecule has 2 nitrogen and oxygen atoms in total. The van der Waals surface area contributed by atoms with Crippen molar-refractivity contribution in [3.05, 3.63) is 71.3 Å². The van der Waals surface area contributed by atoms with Gasteiger partial charge in [0.15, 0.2) is 0 Å². The van der Waals surface area contributed by atoms with E-state index in [4.69, 9.17) is 34.8 Å². The second-order valence-electron chi connectivity index (χ2n) is 6.02. The van der Waals surface area contributed by atoms with Gasteiger partial charge in [-0.3, -0.25) is 0 Å². The number of aromatic nitrogens is 2. The second-order valence-corrected chi connectivity index (χ2v) is 11.0. The molecule has 1 aliphatic carbocycles. The highest BCUT2D eigenvalue weighted by atomic mass is 35.5. The van der Waals surface area contributed by atoms with Crippen molar-refractivity contribution in [3.8, 4) is 0 Å². The van der Waals surface area contributed by atoms with Crippen LogP contribution in [0.15, 0.2) is 71.1 Å². The predicted octanol–water partition coefficient (Wildman–Crippen LogP) is 7.04. The summed E-state index contributed by atoms with van der Waals surface area (Å²) in [5.74, 6) is 0.193. The van der Waals surface area contributed by atoms with Gasteiger partial charge in [-0.05, 0) is 31.6 Å². The van der Waals surface area contributed by atoms with E-state index in [2.05, 4.69) is 22.6 Å². The van der Waals surface area contributed by atoms with Gasteiger partial charge in [0.2, 0.25) is 0 Å². The lowest BCUT2D eigenvalue weighted by molar-refractivity contribution is 0.577. The van der Waals surface area contributed by atoms with Crippen LogP contribution in [0.5, 0.6) is 0 Å². The molecule has 2 aromatic rings. The highest BCUT2D eigenvalue weighted by molar-refractivity contribution is 8.18. The Kier molecular flexibility index (Phi) is 7.09. The maximum atomic E-state index is 6.79. The first-order valence-corrected chi connectivity index (χ1v) is 11.2. The highest BCUT2D eigenvalue weighted by Gasteiger charge is 2.31. The summed E-state index contributed by atoms with van der Waals surface area (Å²) in [5, 5.41) is 1.56. The van der Waals surface area contributed by atoms with Gasteiger partial charge >= 0.3 is 0 Å². The molecule has 138 valence electrons. The van der Waals surface area contributed by atoms with E-state index < -0.39 is 4.21 Å². The number of halogens is 3. The summed E-state index contributed by atoms with van der Waals surface area (Å²) in [4.78, 5) is 5.12. The molecule has 1 aliphatic rings. The lowest BCUT2D eigenvalue weighted by atomic mass is 9.99. The Morgan fingerprint density at radius 1 is 1.31 bits per heavy atom. The van der Waals surface area contributed by atoms with Gasteiger partial charge in [0.1, 0.15) is 4.21 Å². The van der Waals surface area contributed by atoms with Crippen LogP contribution in [0.25, 0.3) is 0 Å². The van der Waals surface area contributed by atoms with Crippen LogP contribution >= 0.6 is 58.3 Å². The van der Waals surface area contributed by atoms with E-state index in [1.807, 2.05) is 48.9 Å². The number of thioether (sulfide) groups is 2. The average molecular weight is 446 g/mol. The largest absolute Gasteiger partial charge is 0.337 e. The molecule has 3 unspecified atom stereocenters. The summed E-state index contributed by atoms with van der Waals surface area (Å²) >= 11 is 22.9. The van der Waals surface area contributed by atoms with Gasteiger partial charge in [0, 0.05) is 34.8 Å². The third-order valence-electron chi connectivity index (χ3n) is 3.98. The molecule has 0 aliphatic heterocycles. The lowest BCUT2D eigenvalue weighted by Gasteiger charge is -2.28. The number of allylic oxidation sites excluding steroid dienone is 2. The molecular formula is C19H19Cl3N2S2. The number of imidazole rings is 1. The quantitative estimate of drug-likeness (QED) is 0.197. The van der Waals surface area contributed by atoms with Crippen molar-refractivity contribution < 1.29 is 0 Å². The maximum absolute atomic E-state index is 6.79. The standard InChI is InChI=1S/C19H19Cl3N2S2/c1-14(25-18-5-3-2-4-16(18)20)26-19(22)8-6-15(17(21)12-19)7-10-24-11-9-23-13-24/h2-6,8-9,11-15H,7,10H2,1H3. The molecule has 0 fully saturated rings. The van der Waals surface area contributed by atoms with E-state index in [1.54, 1.807) is 29.7 Å². The minimum Gasteiger partial charge on any atom is -0.337 e. The molecule has 1 aromatic heterocycles. The van der Waals surface area contributed by atoms with Crippen molar-refractivity contribution in [1.82, 2.24) is 9.55 Å². The molecule has 1 heterocycles. The smallest absolute Gasteiger partial charge is 0.128 e. The monoisotopic (exact) mass is 444 g/mol. The highest BCUT2D eigenvalue weighted by Crippen LogP contribution is 2.47. The zero-order chi connectivity index (χ0) is 18.6. The Morgan fingerprint density at radius 3 is 2.81 bits per heavy atom. The summed E-state index contributed by atoms with van der Waals surface area (Å²) in [5.41, 5.74) is 0. The SMILES string of the molecule is CC(Sc1ccccc1Cl)SC1(Cl)C=CC(CCn2ccnc2)C(Cl)=C1. The molecule has 3 rings (SSSR count). The summed E-state index contributed by atoms with van der Waals surface area (Å²) < 4.78 is 1.65. The van der Waals surface area contributed by atoms with Crippen molar-refractivity contribution in [2.45, 2.75) is 33.6 Å². The van der Waals surface area contributed by atoms with Gasteiger partial charge < -0.3 is 4.57 Å². The van der Waals surface area contributed by atoms with E-state index in [-0.39, 0.29) is 10.5 Å². The molecule has 0 radical (unpaired) electrons. The van der Waals surface area contributed by atoms with Crippen molar-refractivity contribution in [3.63, 3.8) is 0 Å². The topological polar surface area (TPSA) is 17.8 Å². The summed E-state index contributed by atoms with van der Waals surface area (Å²) in [6, 6.07) is 7.85. The second kappa shape index (κ2) is 9.11. The van der Waals surface area contributed by atoms with Crippen molar-refractivity contribution in [1.29, 1.82) is 0 Å². The van der Waals surface area contributed by atoms with Crippen molar-refractivity contribution >= 4 is 58.3 Å². The zero-order valence-corrected chi connectivity index (χ0v) is 18.1. The normalized spacial score (nSPS) is 23.7. The molecule has 0 bridgehead atoms. The van der Waals surface area contributed by atoms with Crippen LogP contribution in [-0.2, 0) is 6.54 Å². The number of hydrogen-bond donors (Lipinski definition) is 0. The average Bonchev–Trinajstić information content (AvgIpc) is 3.09. The molecular weight excluding hydrogens is 427 g/mol. The summed E-state index contributed by atoms with van der Waals surface area (Å²) in [6.45, 7) is 3.00. The Balaban J connectivity index is 1.58. The van der Waals surface area contributed by atoms with Crippen LogP contribution < -0.4 is 0 Å². The number of alkyl halides is 1. The first-order valence-electron chi connectivity index (χ1n) is 8.26. The van der Waals surface area contributed by atoms with Crippen LogP contribution in [0.2, 0.25) is 5.02 Å². The van der Waals surface area contributed by atoms with Gasteiger partial charge in [-0.1, -0.05) is 59.1 Å². The Labute approximate surface area is 178 Å². The third-order valence-corrected chi connectivity index (χ3v) is 7.78. The lowest BCUT2D eigenvalue weighted by Crippen LogP contribution is -2.19. The molecule has 0 amide bonds. The third kappa shape index (κ3) is 5.49. The first-order chi connectivity index (χ1) is 12.5. The molecule has 0 N–H and O–H groups in total. The Hall–Kier alpha value is -0.520. The van der Waals surface area contributed by atoms with Crippen LogP contribution in [-0.4, -0.2) is 18.3 Å². The number of rotatable bonds is 7. The van der Waals surface area contributed by atoms with Crippen molar-refractivity contribution in [2.75, 3.05) is 0 Å². The van der Waals surface area contributed by atoms with E-state index in [0.717, 1.165) is 27.9 Å². The number of aryl methyl sites for hydroxylation is 1. The number of benzene rings is 1. The van der Waals surface area contributed by atoms with Gasteiger partial charge in [0.05, 0.1) is 15.9 Å².